The van der Waals surface area contributed by atoms with Gasteiger partial charge in [0.2, 0.25) is 5.91 Å². The van der Waals surface area contributed by atoms with Gasteiger partial charge in [0.1, 0.15) is 5.75 Å². The van der Waals surface area contributed by atoms with Gasteiger partial charge in [-0.25, -0.2) is 0 Å². The lowest BCUT2D eigenvalue weighted by atomic mass is 10.1. The Bertz CT molecular complexity index is 506. The van der Waals surface area contributed by atoms with Crippen LogP contribution in [0, 0.1) is 5.92 Å². The van der Waals surface area contributed by atoms with Crippen molar-refractivity contribution in [3.05, 3.63) is 30.3 Å². The topological polar surface area (TPSA) is 65.1 Å². The zero-order valence-corrected chi connectivity index (χ0v) is 15.4. The molecule has 6 nitrogen and oxygen atoms in total. The Morgan fingerprint density at radius 1 is 1.16 bits per heavy atom. The van der Waals surface area contributed by atoms with E-state index in [1.165, 1.54) is 7.11 Å². The van der Waals surface area contributed by atoms with Crippen molar-refractivity contribution in [2.24, 2.45) is 5.92 Å². The van der Waals surface area contributed by atoms with Crippen molar-refractivity contribution in [3.8, 4) is 5.75 Å². The lowest BCUT2D eigenvalue weighted by Crippen LogP contribution is -2.38. The van der Waals surface area contributed by atoms with Gasteiger partial charge in [0.15, 0.2) is 0 Å². The number of benzene rings is 1. The Morgan fingerprint density at radius 2 is 1.88 bits per heavy atom. The number of carbonyl (C=O) groups excluding carboxylic acids is 2. The summed E-state index contributed by atoms with van der Waals surface area (Å²) in [6.45, 7) is 6.12. The number of carbonyl (C=O) groups is 2. The van der Waals surface area contributed by atoms with Crippen molar-refractivity contribution < 1.29 is 23.8 Å². The molecule has 1 amide bonds. The summed E-state index contributed by atoms with van der Waals surface area (Å²) in [6, 6.07) is 9.38. The van der Waals surface area contributed by atoms with E-state index in [-0.39, 0.29) is 24.2 Å². The smallest absolute Gasteiger partial charge is 0.310 e. The van der Waals surface area contributed by atoms with Gasteiger partial charge >= 0.3 is 5.97 Å². The summed E-state index contributed by atoms with van der Waals surface area (Å²) in [5, 5.41) is 0. The van der Waals surface area contributed by atoms with Crippen molar-refractivity contribution in [2.45, 2.75) is 26.7 Å². The van der Waals surface area contributed by atoms with Crippen molar-refractivity contribution in [1.82, 2.24) is 4.90 Å². The van der Waals surface area contributed by atoms with Crippen LogP contribution in [-0.2, 0) is 19.1 Å². The van der Waals surface area contributed by atoms with Crippen molar-refractivity contribution in [3.63, 3.8) is 0 Å². The third-order valence-corrected chi connectivity index (χ3v) is 3.70. The molecular formula is C19H29NO5. The normalized spacial score (nSPS) is 11.6. The van der Waals surface area contributed by atoms with Gasteiger partial charge in [0.05, 0.1) is 26.1 Å². The summed E-state index contributed by atoms with van der Waals surface area (Å²) in [5.41, 5.74) is 0. The molecule has 25 heavy (non-hydrogen) atoms. The average Bonchev–Trinajstić information content (AvgIpc) is 2.64. The second-order valence-corrected chi connectivity index (χ2v) is 5.73. The maximum atomic E-state index is 12.5. The van der Waals surface area contributed by atoms with Crippen LogP contribution in [0.3, 0.4) is 0 Å². The van der Waals surface area contributed by atoms with Crippen LogP contribution in [0.2, 0.25) is 0 Å². The number of para-hydroxylation sites is 1. The molecule has 1 atom stereocenters. The Morgan fingerprint density at radius 3 is 2.52 bits per heavy atom. The lowest BCUT2D eigenvalue weighted by molar-refractivity contribution is -0.146. The molecule has 0 radical (unpaired) electrons. The zero-order chi connectivity index (χ0) is 18.5. The number of hydrogen-bond donors (Lipinski definition) is 0. The third kappa shape index (κ3) is 8.54. The predicted octanol–water partition coefficient (Wildman–Crippen LogP) is 2.52. The van der Waals surface area contributed by atoms with E-state index in [9.17, 15) is 9.59 Å². The Kier molecular flexibility index (Phi) is 10.3. The monoisotopic (exact) mass is 351 g/mol. The molecule has 0 aliphatic carbocycles. The summed E-state index contributed by atoms with van der Waals surface area (Å²) in [5.74, 6) is 0.0172. The molecule has 0 saturated carbocycles. The SMILES string of the molecule is CCOCCCN(CC(C)C(=O)OC)C(=O)CCOc1ccccc1. The van der Waals surface area contributed by atoms with Crippen LogP contribution in [0.1, 0.15) is 26.7 Å². The molecule has 1 unspecified atom stereocenters. The highest BCUT2D eigenvalue weighted by molar-refractivity contribution is 5.78. The fourth-order valence-electron chi connectivity index (χ4n) is 2.36. The molecular weight excluding hydrogens is 322 g/mol. The van der Waals surface area contributed by atoms with Crippen molar-refractivity contribution >= 4 is 11.9 Å². The molecule has 0 spiro atoms. The number of amides is 1. The van der Waals surface area contributed by atoms with Crippen LogP contribution < -0.4 is 4.74 Å². The second kappa shape index (κ2) is 12.3. The predicted molar refractivity (Wildman–Crippen MR) is 95.4 cm³/mol. The summed E-state index contributed by atoms with van der Waals surface area (Å²) in [6.07, 6.45) is 0.991. The Balaban J connectivity index is 2.50. The zero-order valence-electron chi connectivity index (χ0n) is 15.4. The largest absolute Gasteiger partial charge is 0.493 e. The first kappa shape index (κ1) is 21.0. The van der Waals surface area contributed by atoms with Crippen LogP contribution in [0.25, 0.3) is 0 Å². The molecule has 1 aromatic rings. The molecule has 0 N–H and O–H groups in total. The summed E-state index contributed by atoms with van der Waals surface area (Å²) in [7, 11) is 1.35. The van der Waals surface area contributed by atoms with Crippen molar-refractivity contribution in [1.29, 1.82) is 0 Å². The fraction of sp³-hybridized carbons (Fsp3) is 0.579. The van der Waals surface area contributed by atoms with Crippen LogP contribution in [0.4, 0.5) is 0 Å². The van der Waals surface area contributed by atoms with E-state index < -0.39 is 0 Å². The number of hydrogen-bond acceptors (Lipinski definition) is 5. The molecule has 1 rings (SSSR count). The summed E-state index contributed by atoms with van der Waals surface area (Å²) < 4.78 is 15.6. The van der Waals surface area contributed by atoms with Crippen LogP contribution in [0.5, 0.6) is 5.75 Å². The van der Waals surface area contributed by atoms with E-state index in [2.05, 4.69) is 0 Å². The molecule has 140 valence electrons. The molecule has 6 heteroatoms. The van der Waals surface area contributed by atoms with E-state index in [1.807, 2.05) is 37.3 Å². The number of nitrogens with zero attached hydrogens (tertiary/aromatic N) is 1. The third-order valence-electron chi connectivity index (χ3n) is 3.70. The van der Waals surface area contributed by atoms with Gasteiger partial charge in [0, 0.05) is 26.3 Å². The summed E-state index contributed by atoms with van der Waals surface area (Å²) in [4.78, 5) is 25.8. The molecule has 0 aliphatic heterocycles. The molecule has 0 heterocycles. The van der Waals surface area contributed by atoms with Gasteiger partial charge in [-0.2, -0.15) is 0 Å². The van der Waals surface area contributed by atoms with Crippen LogP contribution in [-0.4, -0.2) is 56.8 Å². The fourth-order valence-corrected chi connectivity index (χ4v) is 2.36. The van der Waals surface area contributed by atoms with Crippen molar-refractivity contribution in [2.75, 3.05) is 40.0 Å². The Labute approximate surface area is 150 Å². The van der Waals surface area contributed by atoms with Gasteiger partial charge in [0.25, 0.3) is 0 Å². The molecule has 0 fully saturated rings. The molecule has 1 aromatic carbocycles. The minimum Gasteiger partial charge on any atom is -0.493 e. The van der Waals surface area contributed by atoms with Crippen LogP contribution in [0.15, 0.2) is 30.3 Å². The molecule has 0 aromatic heterocycles. The first-order chi connectivity index (χ1) is 12.1. The van der Waals surface area contributed by atoms with E-state index in [0.717, 1.165) is 12.2 Å². The minimum absolute atomic E-state index is 0.0387. The average molecular weight is 351 g/mol. The quantitative estimate of drug-likeness (QED) is 0.428. The summed E-state index contributed by atoms with van der Waals surface area (Å²) >= 11 is 0. The number of rotatable bonds is 12. The lowest BCUT2D eigenvalue weighted by Gasteiger charge is -2.25. The second-order valence-electron chi connectivity index (χ2n) is 5.73. The number of esters is 1. The number of methoxy groups -OCH3 is 1. The van der Waals surface area contributed by atoms with Gasteiger partial charge in [-0.15, -0.1) is 0 Å². The maximum Gasteiger partial charge on any atom is 0.310 e. The maximum absolute atomic E-state index is 12.5. The molecule has 0 aliphatic rings. The van der Waals surface area contributed by atoms with E-state index in [0.29, 0.717) is 32.9 Å². The van der Waals surface area contributed by atoms with Crippen LogP contribution >= 0.6 is 0 Å². The van der Waals surface area contributed by atoms with E-state index in [4.69, 9.17) is 14.2 Å². The highest BCUT2D eigenvalue weighted by Crippen LogP contribution is 2.10. The standard InChI is InChI=1S/C19H29NO5/c1-4-24-13-8-12-20(15-16(2)19(22)23-3)18(21)11-14-25-17-9-6-5-7-10-17/h5-7,9-10,16H,4,8,11-15H2,1-3H3. The highest BCUT2D eigenvalue weighted by atomic mass is 16.5. The van der Waals surface area contributed by atoms with Gasteiger partial charge in [-0.1, -0.05) is 25.1 Å². The van der Waals surface area contributed by atoms with Gasteiger partial charge < -0.3 is 19.1 Å². The first-order valence-electron chi connectivity index (χ1n) is 8.69. The minimum atomic E-state index is -0.365. The molecule has 0 saturated heterocycles. The highest BCUT2D eigenvalue weighted by Gasteiger charge is 2.21. The van der Waals surface area contributed by atoms with E-state index in [1.54, 1.807) is 11.8 Å². The van der Waals surface area contributed by atoms with Gasteiger partial charge in [-0.3, -0.25) is 9.59 Å². The Hall–Kier alpha value is -2.08. The van der Waals surface area contributed by atoms with Gasteiger partial charge in [-0.05, 0) is 25.5 Å². The van der Waals surface area contributed by atoms with E-state index >= 15 is 0 Å². The first-order valence-corrected chi connectivity index (χ1v) is 8.69. The number of ether oxygens (including phenoxy) is 3. The molecule has 0 bridgehead atoms.